The number of aliphatic hydroxyl groups is 1. The summed E-state index contributed by atoms with van der Waals surface area (Å²) in [5.41, 5.74) is -1.42. The first-order chi connectivity index (χ1) is 13.2. The van der Waals surface area contributed by atoms with Crippen LogP contribution in [0.3, 0.4) is 0 Å². The van der Waals surface area contributed by atoms with Crippen LogP contribution in [0.2, 0.25) is 0 Å². The molecular weight excluding hydrogens is 376 g/mol. The van der Waals surface area contributed by atoms with E-state index in [0.29, 0.717) is 0 Å². The molecule has 2 aromatic rings. The summed E-state index contributed by atoms with van der Waals surface area (Å²) in [6, 6.07) is 1.23. The summed E-state index contributed by atoms with van der Waals surface area (Å²) in [6.45, 7) is 3.56. The molecule has 0 aromatic carbocycles. The number of carbonyl (C=O) groups is 2. The fraction of sp³-hybridized carbons (Fsp3) is 0.471. The average molecular weight is 394 g/mol. The van der Waals surface area contributed by atoms with Crippen molar-refractivity contribution in [2.75, 3.05) is 6.61 Å². The standard InChI is InChI=1S/C17H18N2O9/c1-7-4-11(22)10-5-19(17(24)18-15(10)26-7)16-13(23)14(27-9(3)21)12(28-16)6-25-8(2)20/h4-5,12-14,16,23H,6H2,1-3H3/t12-,13-,14-,16-/m1/s1. The Balaban J connectivity index is 2.01. The van der Waals surface area contributed by atoms with Gasteiger partial charge in [-0.3, -0.25) is 19.0 Å². The summed E-state index contributed by atoms with van der Waals surface area (Å²) in [7, 11) is 0. The number of aliphatic hydroxyl groups excluding tert-OH is 1. The summed E-state index contributed by atoms with van der Waals surface area (Å²) in [5, 5.41) is 10.6. The summed E-state index contributed by atoms with van der Waals surface area (Å²) >= 11 is 0. The number of hydrogen-bond donors (Lipinski definition) is 1. The maximum absolute atomic E-state index is 12.4. The van der Waals surface area contributed by atoms with E-state index in [1.165, 1.54) is 13.0 Å². The molecule has 0 amide bonds. The second kappa shape index (κ2) is 7.52. The molecule has 1 saturated heterocycles. The molecule has 0 radical (unpaired) electrons. The Morgan fingerprint density at radius 1 is 1.29 bits per heavy atom. The van der Waals surface area contributed by atoms with Crippen LogP contribution in [0.4, 0.5) is 0 Å². The maximum atomic E-state index is 12.4. The van der Waals surface area contributed by atoms with Gasteiger partial charge < -0.3 is 23.7 Å². The third-order valence-electron chi connectivity index (χ3n) is 4.11. The fourth-order valence-corrected chi connectivity index (χ4v) is 2.95. The number of aryl methyl sites for hydroxylation is 1. The van der Waals surface area contributed by atoms with Gasteiger partial charge in [0.25, 0.3) is 0 Å². The summed E-state index contributed by atoms with van der Waals surface area (Å²) in [4.78, 5) is 50.7. The molecule has 0 saturated carbocycles. The van der Waals surface area contributed by atoms with Crippen molar-refractivity contribution < 1.29 is 33.3 Å². The van der Waals surface area contributed by atoms with E-state index in [1.807, 2.05) is 0 Å². The van der Waals surface area contributed by atoms with Gasteiger partial charge >= 0.3 is 17.6 Å². The van der Waals surface area contributed by atoms with Crippen LogP contribution < -0.4 is 11.1 Å². The van der Waals surface area contributed by atoms with Crippen molar-refractivity contribution in [3.05, 3.63) is 38.7 Å². The van der Waals surface area contributed by atoms with Gasteiger partial charge in [0.15, 0.2) is 17.8 Å². The molecule has 1 fully saturated rings. The van der Waals surface area contributed by atoms with Gasteiger partial charge in [-0.15, -0.1) is 0 Å². The van der Waals surface area contributed by atoms with Crippen molar-refractivity contribution in [3.8, 4) is 0 Å². The lowest BCUT2D eigenvalue weighted by molar-refractivity contribution is -0.157. The quantitative estimate of drug-likeness (QED) is 0.667. The largest absolute Gasteiger partial charge is 0.463 e. The minimum Gasteiger partial charge on any atom is -0.463 e. The molecule has 2 aromatic heterocycles. The summed E-state index contributed by atoms with van der Waals surface area (Å²) in [6.07, 6.45) is -3.86. The highest BCUT2D eigenvalue weighted by atomic mass is 16.6. The number of fused-ring (bicyclic) bond motifs is 1. The molecule has 4 atom stereocenters. The number of nitrogens with zero attached hydrogens (tertiary/aromatic N) is 2. The zero-order valence-corrected chi connectivity index (χ0v) is 15.3. The third kappa shape index (κ3) is 3.80. The van der Waals surface area contributed by atoms with Crippen LogP contribution in [-0.2, 0) is 23.8 Å². The van der Waals surface area contributed by atoms with Gasteiger partial charge in [0.1, 0.15) is 30.0 Å². The molecule has 11 nitrogen and oxygen atoms in total. The smallest absolute Gasteiger partial charge is 0.353 e. The van der Waals surface area contributed by atoms with Gasteiger partial charge in [0.05, 0.1) is 0 Å². The molecule has 1 aliphatic heterocycles. The van der Waals surface area contributed by atoms with Gasteiger partial charge in [0, 0.05) is 26.1 Å². The van der Waals surface area contributed by atoms with Crippen LogP contribution in [0.15, 0.2) is 26.3 Å². The molecule has 28 heavy (non-hydrogen) atoms. The third-order valence-corrected chi connectivity index (χ3v) is 4.11. The van der Waals surface area contributed by atoms with Gasteiger partial charge in [0.2, 0.25) is 5.71 Å². The van der Waals surface area contributed by atoms with Crippen molar-refractivity contribution in [1.29, 1.82) is 0 Å². The monoisotopic (exact) mass is 394 g/mol. The molecule has 0 spiro atoms. The van der Waals surface area contributed by atoms with Crippen LogP contribution in [-0.4, -0.2) is 51.5 Å². The van der Waals surface area contributed by atoms with E-state index in [-0.39, 0.29) is 23.5 Å². The predicted octanol–water partition coefficient (Wildman–Crippen LogP) is -0.589. The SMILES string of the molecule is CC(=O)OC[C@H]1O[C@@H](n2cc3c(=O)cc(C)oc3nc2=O)[C@H](O)[C@@H]1OC(C)=O. The molecule has 0 bridgehead atoms. The Bertz CT molecular complexity index is 1040. The minimum absolute atomic E-state index is 0.00784. The van der Waals surface area contributed by atoms with Crippen LogP contribution in [0.5, 0.6) is 0 Å². The number of aromatic nitrogens is 2. The number of esters is 2. The van der Waals surface area contributed by atoms with E-state index >= 15 is 0 Å². The van der Waals surface area contributed by atoms with Crippen LogP contribution in [0.1, 0.15) is 25.8 Å². The molecule has 3 heterocycles. The summed E-state index contributed by atoms with van der Waals surface area (Å²) < 4.78 is 21.7. The van der Waals surface area contributed by atoms with Crippen molar-refractivity contribution >= 4 is 23.0 Å². The lowest BCUT2D eigenvalue weighted by atomic mass is 10.1. The Kier molecular flexibility index (Phi) is 5.29. The predicted molar refractivity (Wildman–Crippen MR) is 91.4 cm³/mol. The maximum Gasteiger partial charge on any atom is 0.353 e. The van der Waals surface area contributed by atoms with E-state index in [1.54, 1.807) is 6.92 Å². The van der Waals surface area contributed by atoms with Crippen LogP contribution in [0.25, 0.3) is 11.1 Å². The highest BCUT2D eigenvalue weighted by Crippen LogP contribution is 2.31. The molecule has 1 aliphatic rings. The van der Waals surface area contributed by atoms with E-state index in [9.17, 15) is 24.3 Å². The Hall–Kier alpha value is -3.05. The summed E-state index contributed by atoms with van der Waals surface area (Å²) in [5.74, 6) is -1.00. The molecule has 3 rings (SSSR count). The molecule has 0 unspecified atom stereocenters. The number of hydrogen-bond acceptors (Lipinski definition) is 10. The number of rotatable bonds is 4. The van der Waals surface area contributed by atoms with Gasteiger partial charge in [-0.2, -0.15) is 4.98 Å². The molecule has 150 valence electrons. The normalized spacial score (nSPS) is 24.3. The lowest BCUT2D eigenvalue weighted by Crippen LogP contribution is -2.39. The first-order valence-corrected chi connectivity index (χ1v) is 8.35. The van der Waals surface area contributed by atoms with Crippen molar-refractivity contribution in [3.63, 3.8) is 0 Å². The van der Waals surface area contributed by atoms with Crippen LogP contribution in [0, 0.1) is 6.92 Å². The molecule has 11 heteroatoms. The van der Waals surface area contributed by atoms with E-state index in [4.69, 9.17) is 18.6 Å². The van der Waals surface area contributed by atoms with Gasteiger partial charge in [-0.1, -0.05) is 0 Å². The highest BCUT2D eigenvalue weighted by molar-refractivity contribution is 5.71. The van der Waals surface area contributed by atoms with Crippen molar-refractivity contribution in [2.45, 2.75) is 45.3 Å². The lowest BCUT2D eigenvalue weighted by Gasteiger charge is -2.19. The second-order valence-electron chi connectivity index (χ2n) is 6.30. The molecular formula is C17H18N2O9. The Morgan fingerprint density at radius 2 is 2.00 bits per heavy atom. The molecule has 1 N–H and O–H groups in total. The zero-order chi connectivity index (χ0) is 20.6. The first-order valence-electron chi connectivity index (χ1n) is 8.35. The first kappa shape index (κ1) is 19.7. The van der Waals surface area contributed by atoms with Crippen LogP contribution >= 0.6 is 0 Å². The van der Waals surface area contributed by atoms with E-state index in [0.717, 1.165) is 17.7 Å². The highest BCUT2D eigenvalue weighted by Gasteiger charge is 2.48. The van der Waals surface area contributed by atoms with Crippen molar-refractivity contribution in [1.82, 2.24) is 9.55 Å². The number of carbonyl (C=O) groups excluding carboxylic acids is 2. The topological polar surface area (TPSA) is 147 Å². The van der Waals surface area contributed by atoms with Gasteiger partial charge in [-0.05, 0) is 6.92 Å². The minimum atomic E-state index is -1.47. The molecule has 0 aliphatic carbocycles. The Morgan fingerprint density at radius 3 is 2.64 bits per heavy atom. The fourth-order valence-electron chi connectivity index (χ4n) is 2.95. The zero-order valence-electron chi connectivity index (χ0n) is 15.3. The van der Waals surface area contributed by atoms with Gasteiger partial charge in [-0.25, -0.2) is 4.79 Å². The van der Waals surface area contributed by atoms with E-state index in [2.05, 4.69) is 4.98 Å². The van der Waals surface area contributed by atoms with Crippen molar-refractivity contribution in [2.24, 2.45) is 0 Å². The average Bonchev–Trinajstić information content (AvgIpc) is 2.88. The second-order valence-corrected chi connectivity index (χ2v) is 6.30. The Labute approximate surface area is 157 Å². The van der Waals surface area contributed by atoms with E-state index < -0.39 is 47.6 Å². The number of ether oxygens (including phenoxy) is 3.